The first-order chi connectivity index (χ1) is 8.95. The minimum Gasteiger partial charge on any atom is -0.348 e. The van der Waals surface area contributed by atoms with Gasteiger partial charge in [0.25, 0.3) is 0 Å². The zero-order valence-corrected chi connectivity index (χ0v) is 9.88. The summed E-state index contributed by atoms with van der Waals surface area (Å²) in [5.74, 6) is 2.02. The number of H-pyrrole nitrogens is 1. The molecule has 0 amide bonds. The molecule has 2 nitrogen and oxygen atoms in total. The summed E-state index contributed by atoms with van der Waals surface area (Å²) in [5, 5.41) is 0. The quantitative estimate of drug-likeness (QED) is 0.737. The van der Waals surface area contributed by atoms with Crippen molar-refractivity contribution in [3.63, 3.8) is 0 Å². The maximum atomic E-state index is 4.38. The molecule has 3 aromatic rings. The highest BCUT2D eigenvalue weighted by molar-refractivity contribution is 5.52. The van der Waals surface area contributed by atoms with Gasteiger partial charge in [0.2, 0.25) is 0 Å². The molecular weight excluding hydrogens is 220 g/mol. The van der Waals surface area contributed by atoms with Crippen LogP contribution >= 0.6 is 0 Å². The molecule has 2 aromatic carbocycles. The fourth-order valence-electron chi connectivity index (χ4n) is 2.05. The summed E-state index contributed by atoms with van der Waals surface area (Å²) < 4.78 is 0. The van der Waals surface area contributed by atoms with Crippen LogP contribution in [-0.2, 0) is 0 Å². The molecule has 0 aliphatic heterocycles. The second-order valence-electron chi connectivity index (χ2n) is 4.04. The smallest absolute Gasteiger partial charge is 0.122 e. The van der Waals surface area contributed by atoms with Gasteiger partial charge in [-0.05, 0) is 11.1 Å². The van der Waals surface area contributed by atoms with E-state index in [0.29, 0.717) is 0 Å². The van der Waals surface area contributed by atoms with Gasteiger partial charge < -0.3 is 4.98 Å². The van der Waals surface area contributed by atoms with Gasteiger partial charge in [0.15, 0.2) is 0 Å². The van der Waals surface area contributed by atoms with Crippen molar-refractivity contribution in [2.45, 2.75) is 0 Å². The predicted octanol–water partition coefficient (Wildman–Crippen LogP) is 3.43. The Bertz CT molecular complexity index is 546. The number of aromatic nitrogens is 2. The molecule has 0 unspecified atom stereocenters. The van der Waals surface area contributed by atoms with Crippen molar-refractivity contribution in [3.8, 4) is 0 Å². The molecule has 0 fully saturated rings. The number of imidazole rings is 1. The third-order valence-corrected chi connectivity index (χ3v) is 2.86. The van der Waals surface area contributed by atoms with Gasteiger partial charge in [-0.25, -0.2) is 4.98 Å². The molecule has 1 radical (unpaired) electrons. The van der Waals surface area contributed by atoms with Crippen molar-refractivity contribution < 1.29 is 0 Å². The van der Waals surface area contributed by atoms with E-state index in [-0.39, 0.29) is 0 Å². The Balaban J connectivity index is 2.11. The number of rotatable bonds is 3. The second kappa shape index (κ2) is 4.88. The van der Waals surface area contributed by atoms with E-state index in [1.807, 2.05) is 42.6 Å². The molecule has 1 aromatic heterocycles. The van der Waals surface area contributed by atoms with Crippen molar-refractivity contribution in [3.05, 3.63) is 95.9 Å². The molecule has 2 heteroatoms. The standard InChI is InChI=1S/C16H13N2/c1-3-7-13(8-4-1)15(16-17-11-12-18-16)14-9-5-2-6-10-14/h1-12H,(H,17,18). The lowest BCUT2D eigenvalue weighted by atomic mass is 9.91. The average molecular weight is 233 g/mol. The Morgan fingerprint density at radius 2 is 1.33 bits per heavy atom. The van der Waals surface area contributed by atoms with Gasteiger partial charge in [-0.2, -0.15) is 0 Å². The molecule has 0 saturated heterocycles. The molecule has 0 bridgehead atoms. The fourth-order valence-corrected chi connectivity index (χ4v) is 2.05. The van der Waals surface area contributed by atoms with E-state index in [0.717, 1.165) is 11.7 Å². The number of hydrogen-bond donors (Lipinski definition) is 1. The van der Waals surface area contributed by atoms with Gasteiger partial charge >= 0.3 is 0 Å². The average Bonchev–Trinajstić information content (AvgIpc) is 2.95. The number of nitrogens with one attached hydrogen (secondary N) is 1. The van der Waals surface area contributed by atoms with Gasteiger partial charge in [0.05, 0.1) is 5.92 Å². The number of nitrogens with zero attached hydrogens (tertiary/aromatic N) is 1. The molecular formula is C16H13N2. The molecule has 18 heavy (non-hydrogen) atoms. The van der Waals surface area contributed by atoms with Crippen LogP contribution in [0.4, 0.5) is 0 Å². The van der Waals surface area contributed by atoms with Crippen molar-refractivity contribution in [2.75, 3.05) is 0 Å². The van der Waals surface area contributed by atoms with E-state index in [4.69, 9.17) is 0 Å². The SMILES string of the molecule is c1ccc([C](c2ccccc2)c2ncc[nH]2)cc1. The van der Waals surface area contributed by atoms with E-state index >= 15 is 0 Å². The lowest BCUT2D eigenvalue weighted by Gasteiger charge is -2.14. The first-order valence-corrected chi connectivity index (χ1v) is 5.93. The monoisotopic (exact) mass is 233 g/mol. The highest BCUT2D eigenvalue weighted by Gasteiger charge is 2.19. The fraction of sp³-hybridized carbons (Fsp3) is 0. The maximum absolute atomic E-state index is 4.38. The van der Waals surface area contributed by atoms with Crippen molar-refractivity contribution in [2.24, 2.45) is 0 Å². The van der Waals surface area contributed by atoms with E-state index in [1.165, 1.54) is 11.1 Å². The molecule has 0 aliphatic carbocycles. The molecule has 87 valence electrons. The Morgan fingerprint density at radius 1 is 0.778 bits per heavy atom. The topological polar surface area (TPSA) is 28.7 Å². The van der Waals surface area contributed by atoms with E-state index in [9.17, 15) is 0 Å². The summed E-state index contributed by atoms with van der Waals surface area (Å²) in [5.41, 5.74) is 2.33. The van der Waals surface area contributed by atoms with Crippen LogP contribution in [0, 0.1) is 5.92 Å². The van der Waals surface area contributed by atoms with Crippen LogP contribution in [0.3, 0.4) is 0 Å². The summed E-state index contributed by atoms with van der Waals surface area (Å²) in [6.45, 7) is 0. The van der Waals surface area contributed by atoms with Crippen LogP contribution in [0.25, 0.3) is 0 Å². The van der Waals surface area contributed by atoms with E-state index < -0.39 is 0 Å². The first kappa shape index (κ1) is 10.8. The van der Waals surface area contributed by atoms with Gasteiger partial charge in [-0.3, -0.25) is 0 Å². The number of hydrogen-bond acceptors (Lipinski definition) is 1. The van der Waals surface area contributed by atoms with Gasteiger partial charge in [-0.1, -0.05) is 60.7 Å². The predicted molar refractivity (Wildman–Crippen MR) is 72.0 cm³/mol. The van der Waals surface area contributed by atoms with Crippen LogP contribution in [-0.4, -0.2) is 9.97 Å². The third kappa shape index (κ3) is 2.05. The molecule has 0 atom stereocenters. The van der Waals surface area contributed by atoms with E-state index in [2.05, 4.69) is 34.2 Å². The Hall–Kier alpha value is -2.35. The number of benzene rings is 2. The summed E-state index contributed by atoms with van der Waals surface area (Å²) >= 11 is 0. The van der Waals surface area contributed by atoms with Crippen LogP contribution in [0.15, 0.2) is 73.1 Å². The van der Waals surface area contributed by atoms with Crippen molar-refractivity contribution in [1.29, 1.82) is 0 Å². The van der Waals surface area contributed by atoms with Gasteiger partial charge in [0, 0.05) is 12.4 Å². The molecule has 3 rings (SSSR count). The normalized spacial score (nSPS) is 10.7. The summed E-state index contributed by atoms with van der Waals surface area (Å²) in [4.78, 5) is 7.56. The molecule has 0 spiro atoms. The molecule has 1 N–H and O–H groups in total. The second-order valence-corrected chi connectivity index (χ2v) is 4.04. The number of aromatic amines is 1. The minimum absolute atomic E-state index is 0.896. The van der Waals surface area contributed by atoms with Crippen molar-refractivity contribution >= 4 is 0 Å². The molecule has 1 heterocycles. The largest absolute Gasteiger partial charge is 0.348 e. The zero-order valence-electron chi connectivity index (χ0n) is 9.88. The lowest BCUT2D eigenvalue weighted by molar-refractivity contribution is 1.07. The molecule has 0 aliphatic rings. The lowest BCUT2D eigenvalue weighted by Crippen LogP contribution is -2.06. The molecule has 0 saturated carbocycles. The highest BCUT2D eigenvalue weighted by Crippen LogP contribution is 2.27. The van der Waals surface area contributed by atoms with Crippen LogP contribution in [0.2, 0.25) is 0 Å². The Labute approximate surface area is 106 Å². The first-order valence-electron chi connectivity index (χ1n) is 5.93. The van der Waals surface area contributed by atoms with Gasteiger partial charge in [0.1, 0.15) is 5.82 Å². The summed E-state index contributed by atoms with van der Waals surface area (Å²) in [6, 6.07) is 20.6. The highest BCUT2D eigenvalue weighted by atomic mass is 14.9. The Morgan fingerprint density at radius 3 is 1.78 bits per heavy atom. The summed E-state index contributed by atoms with van der Waals surface area (Å²) in [7, 11) is 0. The minimum atomic E-state index is 0.896. The Kier molecular flexibility index (Phi) is 2.92. The van der Waals surface area contributed by atoms with Crippen LogP contribution in [0.5, 0.6) is 0 Å². The summed E-state index contributed by atoms with van der Waals surface area (Å²) in [6.07, 6.45) is 3.63. The van der Waals surface area contributed by atoms with E-state index in [1.54, 1.807) is 6.20 Å². The van der Waals surface area contributed by atoms with Gasteiger partial charge in [-0.15, -0.1) is 0 Å². The van der Waals surface area contributed by atoms with Crippen LogP contribution < -0.4 is 0 Å². The third-order valence-electron chi connectivity index (χ3n) is 2.86. The van der Waals surface area contributed by atoms with Crippen LogP contribution in [0.1, 0.15) is 17.0 Å². The zero-order chi connectivity index (χ0) is 12.2. The van der Waals surface area contributed by atoms with Crippen molar-refractivity contribution in [1.82, 2.24) is 9.97 Å². The maximum Gasteiger partial charge on any atom is 0.122 e.